The zero-order valence-corrected chi connectivity index (χ0v) is 12.6. The summed E-state index contributed by atoms with van der Waals surface area (Å²) in [5.41, 5.74) is 10.8. The average molecular weight is 328 g/mol. The molecule has 0 saturated carbocycles. The number of anilines is 1. The van der Waals surface area contributed by atoms with Crippen LogP contribution in [0.15, 0.2) is 59.2 Å². The fourth-order valence-corrected chi connectivity index (χ4v) is 2.39. The van der Waals surface area contributed by atoms with E-state index in [0.717, 1.165) is 21.4 Å². The van der Waals surface area contributed by atoms with Crippen molar-refractivity contribution in [3.8, 4) is 16.9 Å². The van der Waals surface area contributed by atoms with Crippen LogP contribution < -0.4 is 5.73 Å². The Balaban J connectivity index is 2.05. The van der Waals surface area contributed by atoms with E-state index < -0.39 is 0 Å². The maximum Gasteiger partial charge on any atom is 0.116 e. The standard InChI is InChI=1S/C16H14BrN3/c1-11-3-2-4-12(9-11)16-15(18)10-20(19-16)14-7-5-13(17)6-8-14/h2-10H,18H2,1H3. The number of nitrogens with zero attached hydrogens (tertiary/aromatic N) is 2. The highest BCUT2D eigenvalue weighted by molar-refractivity contribution is 9.10. The van der Waals surface area contributed by atoms with Crippen molar-refractivity contribution in [1.29, 1.82) is 0 Å². The van der Waals surface area contributed by atoms with Crippen molar-refractivity contribution in [1.82, 2.24) is 9.78 Å². The minimum Gasteiger partial charge on any atom is -0.396 e. The number of halogens is 1. The van der Waals surface area contributed by atoms with Gasteiger partial charge in [-0.3, -0.25) is 0 Å². The zero-order chi connectivity index (χ0) is 14.1. The van der Waals surface area contributed by atoms with E-state index in [2.05, 4.69) is 40.1 Å². The fraction of sp³-hybridized carbons (Fsp3) is 0.0625. The van der Waals surface area contributed by atoms with Crippen molar-refractivity contribution in [2.24, 2.45) is 0 Å². The summed E-state index contributed by atoms with van der Waals surface area (Å²) < 4.78 is 2.85. The number of aryl methyl sites for hydroxylation is 1. The fourth-order valence-electron chi connectivity index (χ4n) is 2.13. The first-order chi connectivity index (χ1) is 9.63. The van der Waals surface area contributed by atoms with Crippen molar-refractivity contribution < 1.29 is 0 Å². The van der Waals surface area contributed by atoms with Crippen LogP contribution in [0.25, 0.3) is 16.9 Å². The third kappa shape index (κ3) is 2.47. The number of aromatic nitrogens is 2. The molecule has 3 aromatic rings. The first-order valence-corrected chi connectivity index (χ1v) is 7.11. The van der Waals surface area contributed by atoms with Crippen LogP contribution in [0.4, 0.5) is 5.69 Å². The van der Waals surface area contributed by atoms with Crippen molar-refractivity contribution in [3.63, 3.8) is 0 Å². The molecule has 0 amide bonds. The third-order valence-corrected chi connectivity index (χ3v) is 3.65. The van der Waals surface area contributed by atoms with Gasteiger partial charge >= 0.3 is 0 Å². The molecule has 0 spiro atoms. The van der Waals surface area contributed by atoms with Gasteiger partial charge in [0.1, 0.15) is 5.69 Å². The highest BCUT2D eigenvalue weighted by atomic mass is 79.9. The summed E-state index contributed by atoms with van der Waals surface area (Å²) in [6.07, 6.45) is 1.85. The van der Waals surface area contributed by atoms with Crippen LogP contribution in [-0.2, 0) is 0 Å². The molecular formula is C16H14BrN3. The quantitative estimate of drug-likeness (QED) is 0.766. The van der Waals surface area contributed by atoms with Gasteiger partial charge < -0.3 is 5.73 Å². The Labute approximate surface area is 126 Å². The Bertz CT molecular complexity index is 745. The lowest BCUT2D eigenvalue weighted by atomic mass is 10.1. The summed E-state index contributed by atoms with van der Waals surface area (Å²) in [7, 11) is 0. The van der Waals surface area contributed by atoms with Crippen LogP contribution in [0.1, 0.15) is 5.56 Å². The second-order valence-corrected chi connectivity index (χ2v) is 5.64. The number of hydrogen-bond donors (Lipinski definition) is 1. The van der Waals surface area contributed by atoms with E-state index in [9.17, 15) is 0 Å². The summed E-state index contributed by atoms with van der Waals surface area (Å²) in [6, 6.07) is 16.2. The highest BCUT2D eigenvalue weighted by Crippen LogP contribution is 2.26. The maximum atomic E-state index is 6.10. The van der Waals surface area contributed by atoms with Crippen LogP contribution in [0.3, 0.4) is 0 Å². The van der Waals surface area contributed by atoms with Crippen LogP contribution in [0.2, 0.25) is 0 Å². The number of rotatable bonds is 2. The zero-order valence-electron chi connectivity index (χ0n) is 11.0. The van der Waals surface area contributed by atoms with Crippen LogP contribution in [-0.4, -0.2) is 9.78 Å². The van der Waals surface area contributed by atoms with Crippen LogP contribution >= 0.6 is 15.9 Å². The minimum atomic E-state index is 0.679. The van der Waals surface area contributed by atoms with Gasteiger partial charge in [0.15, 0.2) is 0 Å². The van der Waals surface area contributed by atoms with Crippen molar-refractivity contribution in [2.45, 2.75) is 6.92 Å². The number of benzene rings is 2. The molecule has 0 fully saturated rings. The lowest BCUT2D eigenvalue weighted by molar-refractivity contribution is 0.884. The van der Waals surface area contributed by atoms with Gasteiger partial charge in [0.05, 0.1) is 17.6 Å². The molecule has 1 heterocycles. The van der Waals surface area contributed by atoms with Gasteiger partial charge in [-0.2, -0.15) is 5.10 Å². The predicted molar refractivity (Wildman–Crippen MR) is 85.8 cm³/mol. The lowest BCUT2D eigenvalue weighted by Crippen LogP contribution is -1.94. The van der Waals surface area contributed by atoms with Crippen LogP contribution in [0.5, 0.6) is 0 Å². The second kappa shape index (κ2) is 5.13. The first kappa shape index (κ1) is 12.9. The summed E-state index contributed by atoms with van der Waals surface area (Å²) >= 11 is 3.43. The molecule has 0 bridgehead atoms. The van der Waals surface area contributed by atoms with Crippen molar-refractivity contribution in [3.05, 3.63) is 64.8 Å². The maximum absolute atomic E-state index is 6.10. The largest absolute Gasteiger partial charge is 0.396 e. The molecule has 0 saturated heterocycles. The van der Waals surface area contributed by atoms with Crippen LogP contribution in [0, 0.1) is 6.92 Å². The van der Waals surface area contributed by atoms with Gasteiger partial charge in [-0.1, -0.05) is 39.7 Å². The molecule has 0 atom stereocenters. The average Bonchev–Trinajstić information content (AvgIpc) is 2.82. The SMILES string of the molecule is Cc1cccc(-c2nn(-c3ccc(Br)cc3)cc2N)c1. The van der Waals surface area contributed by atoms with E-state index in [1.807, 2.05) is 42.6 Å². The molecule has 0 aliphatic heterocycles. The van der Waals surface area contributed by atoms with Gasteiger partial charge in [-0.25, -0.2) is 4.68 Å². The molecule has 0 radical (unpaired) electrons. The molecule has 100 valence electrons. The minimum absolute atomic E-state index is 0.679. The number of nitrogens with two attached hydrogens (primary N) is 1. The van der Waals surface area contributed by atoms with E-state index in [0.29, 0.717) is 5.69 Å². The molecule has 3 nitrogen and oxygen atoms in total. The summed E-state index contributed by atoms with van der Waals surface area (Å²) in [5, 5.41) is 4.60. The molecule has 20 heavy (non-hydrogen) atoms. The highest BCUT2D eigenvalue weighted by Gasteiger charge is 2.09. The molecule has 0 unspecified atom stereocenters. The van der Waals surface area contributed by atoms with Gasteiger partial charge in [-0.15, -0.1) is 0 Å². The smallest absolute Gasteiger partial charge is 0.116 e. The second-order valence-electron chi connectivity index (χ2n) is 4.72. The molecule has 2 aromatic carbocycles. The van der Waals surface area contributed by atoms with Gasteiger partial charge in [0.2, 0.25) is 0 Å². The summed E-state index contributed by atoms with van der Waals surface area (Å²) in [5.74, 6) is 0. The van der Waals surface area contributed by atoms with Gasteiger partial charge in [0, 0.05) is 10.0 Å². The molecule has 3 rings (SSSR count). The summed E-state index contributed by atoms with van der Waals surface area (Å²) in [6.45, 7) is 2.06. The van der Waals surface area contributed by atoms with E-state index in [-0.39, 0.29) is 0 Å². The van der Waals surface area contributed by atoms with Gasteiger partial charge in [-0.05, 0) is 37.3 Å². The molecule has 1 aromatic heterocycles. The van der Waals surface area contributed by atoms with Crippen molar-refractivity contribution in [2.75, 3.05) is 5.73 Å². The molecule has 2 N–H and O–H groups in total. The lowest BCUT2D eigenvalue weighted by Gasteiger charge is -2.01. The normalized spacial score (nSPS) is 10.7. The third-order valence-electron chi connectivity index (χ3n) is 3.13. The van der Waals surface area contributed by atoms with Gasteiger partial charge in [0.25, 0.3) is 0 Å². The topological polar surface area (TPSA) is 43.8 Å². The molecule has 0 aliphatic rings. The van der Waals surface area contributed by atoms with Crippen molar-refractivity contribution >= 4 is 21.6 Å². The number of nitrogen functional groups attached to an aromatic ring is 1. The Morgan fingerprint density at radius 3 is 2.55 bits per heavy atom. The van der Waals surface area contributed by atoms with E-state index in [4.69, 9.17) is 5.73 Å². The Morgan fingerprint density at radius 2 is 1.85 bits per heavy atom. The van der Waals surface area contributed by atoms with E-state index in [1.54, 1.807) is 4.68 Å². The van der Waals surface area contributed by atoms with E-state index >= 15 is 0 Å². The Morgan fingerprint density at radius 1 is 1.10 bits per heavy atom. The Hall–Kier alpha value is -2.07. The Kier molecular flexibility index (Phi) is 3.32. The monoisotopic (exact) mass is 327 g/mol. The number of hydrogen-bond acceptors (Lipinski definition) is 2. The summed E-state index contributed by atoms with van der Waals surface area (Å²) in [4.78, 5) is 0. The molecule has 0 aliphatic carbocycles. The predicted octanol–water partition coefficient (Wildman–Crippen LogP) is 4.19. The molecular weight excluding hydrogens is 314 g/mol. The first-order valence-electron chi connectivity index (χ1n) is 6.31. The molecule has 4 heteroatoms. The van der Waals surface area contributed by atoms with E-state index in [1.165, 1.54) is 5.56 Å².